The minimum atomic E-state index is -0.288. The normalized spacial score (nSPS) is 16.8. The highest BCUT2D eigenvalue weighted by Gasteiger charge is 2.25. The molecule has 160 valence electrons. The molecule has 0 spiro atoms. The first kappa shape index (κ1) is 20.9. The van der Waals surface area contributed by atoms with E-state index in [1.165, 1.54) is 5.56 Å². The lowest BCUT2D eigenvalue weighted by Crippen LogP contribution is -2.50. The summed E-state index contributed by atoms with van der Waals surface area (Å²) in [5.74, 6) is 0.375. The number of likely N-dealkylation sites (tertiary alicyclic amines) is 1. The molecule has 0 unspecified atom stereocenters. The lowest BCUT2D eigenvalue weighted by atomic mass is 9.89. The van der Waals surface area contributed by atoms with Gasteiger partial charge in [0.2, 0.25) is 0 Å². The van der Waals surface area contributed by atoms with Crippen molar-refractivity contribution in [2.45, 2.75) is 31.7 Å². The largest absolute Gasteiger partial charge is 0.377 e. The van der Waals surface area contributed by atoms with Gasteiger partial charge < -0.3 is 20.3 Å². The van der Waals surface area contributed by atoms with Gasteiger partial charge in [0.25, 0.3) is 5.91 Å². The number of rotatable bonds is 4. The Hall–Kier alpha value is -3.37. The molecule has 7 nitrogen and oxygen atoms in total. The van der Waals surface area contributed by atoms with Gasteiger partial charge >= 0.3 is 6.03 Å². The number of carbonyl (C=O) groups is 2. The van der Waals surface area contributed by atoms with Crippen molar-refractivity contribution in [3.05, 3.63) is 64.7 Å². The summed E-state index contributed by atoms with van der Waals surface area (Å²) in [5.41, 5.74) is 3.99. The highest BCUT2D eigenvalue weighted by Crippen LogP contribution is 2.29. The van der Waals surface area contributed by atoms with E-state index in [1.807, 2.05) is 48.2 Å². The average Bonchev–Trinajstić information content (AvgIpc) is 2.77. The monoisotopic (exact) mass is 418 g/mol. The maximum Gasteiger partial charge on any atom is 0.319 e. The lowest BCUT2D eigenvalue weighted by Gasteiger charge is -2.32. The van der Waals surface area contributed by atoms with Gasteiger partial charge in [-0.2, -0.15) is 5.26 Å². The molecule has 0 atom stereocenters. The lowest BCUT2D eigenvalue weighted by molar-refractivity contribution is 0.000734. The van der Waals surface area contributed by atoms with Crippen LogP contribution in [0.1, 0.15) is 45.8 Å². The fraction of sp³-hybridized carbons (Fsp3) is 0.375. The van der Waals surface area contributed by atoms with Crippen molar-refractivity contribution in [3.63, 3.8) is 0 Å². The van der Waals surface area contributed by atoms with E-state index in [2.05, 4.69) is 16.7 Å². The fourth-order valence-electron chi connectivity index (χ4n) is 3.98. The molecule has 0 aromatic heterocycles. The molecule has 2 aliphatic rings. The number of carbonyl (C=O) groups excluding carboxylic acids is 2. The molecule has 2 aliphatic heterocycles. The van der Waals surface area contributed by atoms with Crippen molar-refractivity contribution in [3.8, 4) is 6.07 Å². The zero-order valence-corrected chi connectivity index (χ0v) is 17.6. The van der Waals surface area contributed by atoms with E-state index in [4.69, 9.17) is 10.00 Å². The number of amides is 3. The molecular weight excluding hydrogens is 392 g/mol. The molecule has 31 heavy (non-hydrogen) atoms. The highest BCUT2D eigenvalue weighted by molar-refractivity contribution is 5.97. The van der Waals surface area contributed by atoms with Gasteiger partial charge in [-0.3, -0.25) is 4.79 Å². The van der Waals surface area contributed by atoms with E-state index in [0.717, 1.165) is 18.4 Å². The number of urea groups is 1. The van der Waals surface area contributed by atoms with Crippen LogP contribution in [0.15, 0.2) is 42.5 Å². The zero-order chi connectivity index (χ0) is 21.8. The van der Waals surface area contributed by atoms with E-state index >= 15 is 0 Å². The average molecular weight is 418 g/mol. The Labute approximate surface area is 182 Å². The van der Waals surface area contributed by atoms with E-state index in [-0.39, 0.29) is 18.0 Å². The summed E-state index contributed by atoms with van der Waals surface area (Å²) in [6, 6.07) is 15.0. The topological polar surface area (TPSA) is 94.5 Å². The minimum Gasteiger partial charge on any atom is -0.377 e. The number of ether oxygens (including phenoxy) is 1. The van der Waals surface area contributed by atoms with E-state index in [1.54, 1.807) is 6.07 Å². The van der Waals surface area contributed by atoms with Crippen LogP contribution >= 0.6 is 0 Å². The Kier molecular flexibility index (Phi) is 6.19. The van der Waals surface area contributed by atoms with Crippen molar-refractivity contribution in [1.29, 1.82) is 5.26 Å². The van der Waals surface area contributed by atoms with Gasteiger partial charge in [0, 0.05) is 24.3 Å². The maximum atomic E-state index is 13.1. The second-order valence-electron chi connectivity index (χ2n) is 8.16. The molecule has 2 heterocycles. The number of anilines is 1. The molecule has 2 fully saturated rings. The van der Waals surface area contributed by atoms with Crippen LogP contribution < -0.4 is 10.6 Å². The fourth-order valence-corrected chi connectivity index (χ4v) is 3.98. The summed E-state index contributed by atoms with van der Waals surface area (Å²) < 4.78 is 5.07. The van der Waals surface area contributed by atoms with Gasteiger partial charge in [0.05, 0.1) is 30.9 Å². The van der Waals surface area contributed by atoms with Crippen LogP contribution in [0.3, 0.4) is 0 Å². The molecule has 2 aromatic carbocycles. The van der Waals surface area contributed by atoms with Crippen molar-refractivity contribution in [2.75, 3.05) is 31.6 Å². The van der Waals surface area contributed by atoms with Gasteiger partial charge in [-0.05, 0) is 61.1 Å². The molecule has 0 radical (unpaired) electrons. The number of hydrogen-bond donors (Lipinski definition) is 2. The summed E-state index contributed by atoms with van der Waals surface area (Å²) in [5, 5.41) is 14.6. The molecular formula is C24H26N4O3. The van der Waals surface area contributed by atoms with Crippen LogP contribution in [-0.2, 0) is 4.74 Å². The minimum absolute atomic E-state index is 0.0193. The number of nitrogens with zero attached hydrogens (tertiary/aromatic N) is 2. The highest BCUT2D eigenvalue weighted by atomic mass is 16.5. The van der Waals surface area contributed by atoms with Crippen LogP contribution in [-0.4, -0.2) is 49.2 Å². The summed E-state index contributed by atoms with van der Waals surface area (Å²) in [4.78, 5) is 27.1. The molecule has 0 bridgehead atoms. The van der Waals surface area contributed by atoms with Crippen LogP contribution in [0.2, 0.25) is 0 Å². The molecule has 2 aromatic rings. The van der Waals surface area contributed by atoms with Gasteiger partial charge in [0.1, 0.15) is 0 Å². The summed E-state index contributed by atoms with van der Waals surface area (Å²) in [6.45, 7) is 4.33. The Morgan fingerprint density at radius 2 is 1.81 bits per heavy atom. The second kappa shape index (κ2) is 9.19. The Bertz CT molecular complexity index is 1000. The number of nitrogens with one attached hydrogen (secondary N) is 2. The van der Waals surface area contributed by atoms with Gasteiger partial charge in [0.15, 0.2) is 0 Å². The second-order valence-corrected chi connectivity index (χ2v) is 8.16. The molecule has 2 N–H and O–H groups in total. The van der Waals surface area contributed by atoms with Crippen LogP contribution in [0.4, 0.5) is 10.5 Å². The standard InChI is InChI=1S/C24H26N4O3/c1-16-2-5-20(12-22(16)27-24(30)26-21-14-31-15-21)23(29)28-10-8-19(9-11-28)18-6-3-17(13-25)4-7-18/h2-7,12,19,21H,8-11,14-15H2,1H3,(H2,26,27,30). The zero-order valence-electron chi connectivity index (χ0n) is 17.6. The third-order valence-corrected chi connectivity index (χ3v) is 6.00. The van der Waals surface area contributed by atoms with E-state index in [0.29, 0.717) is 49.0 Å². The maximum absolute atomic E-state index is 13.1. The third kappa shape index (κ3) is 4.86. The predicted octanol–water partition coefficient (Wildman–Crippen LogP) is 3.41. The van der Waals surface area contributed by atoms with E-state index in [9.17, 15) is 9.59 Å². The van der Waals surface area contributed by atoms with Crippen LogP contribution in [0.5, 0.6) is 0 Å². The van der Waals surface area contributed by atoms with Gasteiger partial charge in [-0.25, -0.2) is 4.79 Å². The number of piperidine rings is 1. The predicted molar refractivity (Wildman–Crippen MR) is 117 cm³/mol. The quantitative estimate of drug-likeness (QED) is 0.796. The summed E-state index contributed by atoms with van der Waals surface area (Å²) in [7, 11) is 0. The van der Waals surface area contributed by atoms with Crippen LogP contribution in [0.25, 0.3) is 0 Å². The molecule has 2 saturated heterocycles. The number of nitriles is 1. The first-order valence-corrected chi connectivity index (χ1v) is 10.6. The van der Waals surface area contributed by atoms with Crippen molar-refractivity contribution < 1.29 is 14.3 Å². The molecule has 3 amide bonds. The van der Waals surface area contributed by atoms with Crippen molar-refractivity contribution in [1.82, 2.24) is 10.2 Å². The van der Waals surface area contributed by atoms with Gasteiger partial charge in [-0.15, -0.1) is 0 Å². The Balaban J connectivity index is 1.36. The SMILES string of the molecule is Cc1ccc(C(=O)N2CCC(c3ccc(C#N)cc3)CC2)cc1NC(=O)NC1COC1. The van der Waals surface area contributed by atoms with E-state index < -0.39 is 0 Å². The van der Waals surface area contributed by atoms with Crippen LogP contribution in [0, 0.1) is 18.3 Å². The van der Waals surface area contributed by atoms with Crippen molar-refractivity contribution >= 4 is 17.6 Å². The van der Waals surface area contributed by atoms with Crippen molar-refractivity contribution in [2.24, 2.45) is 0 Å². The summed E-state index contributed by atoms with van der Waals surface area (Å²) >= 11 is 0. The number of hydrogen-bond acceptors (Lipinski definition) is 4. The Morgan fingerprint density at radius 1 is 1.10 bits per heavy atom. The number of aryl methyl sites for hydroxylation is 1. The molecule has 0 saturated carbocycles. The van der Waals surface area contributed by atoms with Gasteiger partial charge in [-0.1, -0.05) is 18.2 Å². The Morgan fingerprint density at radius 3 is 2.42 bits per heavy atom. The smallest absolute Gasteiger partial charge is 0.319 e. The number of benzene rings is 2. The first-order valence-electron chi connectivity index (χ1n) is 10.6. The summed E-state index contributed by atoms with van der Waals surface area (Å²) in [6.07, 6.45) is 1.78. The first-order chi connectivity index (χ1) is 15.0. The molecule has 7 heteroatoms. The molecule has 0 aliphatic carbocycles. The molecule has 4 rings (SSSR count). The third-order valence-electron chi connectivity index (χ3n) is 6.00.